The standard InChI is InChI=1S/C13H27NS/c1-3-5-6-9-13-10-7-8-11-14(13)12-15-4-2/h13H,3-12H2,1-2H3. The molecule has 1 fully saturated rings. The van der Waals surface area contributed by atoms with Gasteiger partial charge in [0, 0.05) is 11.9 Å². The lowest BCUT2D eigenvalue weighted by Gasteiger charge is -2.35. The van der Waals surface area contributed by atoms with Crippen LogP contribution in [0.5, 0.6) is 0 Å². The smallest absolute Gasteiger partial charge is 0.0447 e. The molecule has 0 aromatic rings. The lowest BCUT2D eigenvalue weighted by molar-refractivity contribution is 0.165. The van der Waals surface area contributed by atoms with Crippen LogP contribution < -0.4 is 0 Å². The van der Waals surface area contributed by atoms with Crippen molar-refractivity contribution >= 4 is 11.8 Å². The van der Waals surface area contributed by atoms with Crippen LogP contribution in [0.2, 0.25) is 0 Å². The van der Waals surface area contributed by atoms with Gasteiger partial charge in [0.15, 0.2) is 0 Å². The highest BCUT2D eigenvalue weighted by Crippen LogP contribution is 2.23. The number of hydrogen-bond acceptors (Lipinski definition) is 2. The summed E-state index contributed by atoms with van der Waals surface area (Å²) in [6, 6.07) is 0.907. The van der Waals surface area contributed by atoms with Crippen molar-refractivity contribution in [2.75, 3.05) is 18.2 Å². The van der Waals surface area contributed by atoms with E-state index in [0.717, 1.165) is 6.04 Å². The topological polar surface area (TPSA) is 3.24 Å². The maximum atomic E-state index is 2.73. The van der Waals surface area contributed by atoms with E-state index in [1.54, 1.807) is 0 Å². The molecular formula is C13H27NS. The molecule has 1 nitrogen and oxygen atoms in total. The minimum absolute atomic E-state index is 0.907. The maximum absolute atomic E-state index is 2.73. The Balaban J connectivity index is 2.22. The summed E-state index contributed by atoms with van der Waals surface area (Å²) in [6.45, 7) is 5.91. The monoisotopic (exact) mass is 229 g/mol. The first-order chi connectivity index (χ1) is 7.38. The first-order valence-electron chi connectivity index (χ1n) is 6.70. The Hall–Kier alpha value is 0.310. The molecule has 1 heterocycles. The van der Waals surface area contributed by atoms with Crippen molar-refractivity contribution in [3.05, 3.63) is 0 Å². The van der Waals surface area contributed by atoms with Crippen LogP contribution in [-0.2, 0) is 0 Å². The summed E-state index contributed by atoms with van der Waals surface area (Å²) in [5.41, 5.74) is 0. The maximum Gasteiger partial charge on any atom is 0.0447 e. The van der Waals surface area contributed by atoms with Crippen LogP contribution >= 0.6 is 11.8 Å². The molecule has 1 saturated heterocycles. The Labute approximate surface area is 100.0 Å². The molecule has 90 valence electrons. The predicted molar refractivity (Wildman–Crippen MR) is 71.5 cm³/mol. The number of likely N-dealkylation sites (tertiary alicyclic amines) is 1. The predicted octanol–water partition coefficient (Wildman–Crippen LogP) is 4.13. The zero-order valence-electron chi connectivity index (χ0n) is 10.5. The van der Waals surface area contributed by atoms with Crippen LogP contribution in [0.15, 0.2) is 0 Å². The molecule has 0 amide bonds. The summed E-state index contributed by atoms with van der Waals surface area (Å²) in [5.74, 6) is 2.53. The third-order valence-corrected chi connectivity index (χ3v) is 4.27. The minimum atomic E-state index is 0.907. The molecule has 15 heavy (non-hydrogen) atoms. The van der Waals surface area contributed by atoms with Crippen molar-refractivity contribution in [3.8, 4) is 0 Å². The Bertz CT molecular complexity index is 149. The number of thioether (sulfide) groups is 1. The van der Waals surface area contributed by atoms with E-state index in [4.69, 9.17) is 0 Å². The first kappa shape index (κ1) is 13.4. The zero-order chi connectivity index (χ0) is 10.9. The van der Waals surface area contributed by atoms with Crippen LogP contribution in [-0.4, -0.2) is 29.1 Å². The molecule has 1 rings (SSSR count). The largest absolute Gasteiger partial charge is 0.291 e. The van der Waals surface area contributed by atoms with E-state index in [-0.39, 0.29) is 0 Å². The van der Waals surface area contributed by atoms with Crippen LogP contribution in [0.4, 0.5) is 0 Å². The van der Waals surface area contributed by atoms with E-state index in [1.807, 2.05) is 0 Å². The molecule has 0 spiro atoms. The molecule has 1 aliphatic rings. The zero-order valence-corrected chi connectivity index (χ0v) is 11.3. The molecule has 1 aliphatic heterocycles. The Morgan fingerprint density at radius 1 is 1.20 bits per heavy atom. The van der Waals surface area contributed by atoms with Gasteiger partial charge in [-0.3, -0.25) is 4.90 Å². The average Bonchev–Trinajstić information content (AvgIpc) is 2.28. The fraction of sp³-hybridized carbons (Fsp3) is 1.00. The molecule has 0 saturated carbocycles. The van der Waals surface area contributed by atoms with Crippen LogP contribution in [0, 0.1) is 0 Å². The fourth-order valence-corrected chi connectivity index (χ4v) is 3.15. The van der Waals surface area contributed by atoms with Gasteiger partial charge in [0.25, 0.3) is 0 Å². The highest BCUT2D eigenvalue weighted by atomic mass is 32.2. The third kappa shape index (κ3) is 5.26. The second-order valence-corrected chi connectivity index (χ2v) is 5.82. The van der Waals surface area contributed by atoms with Gasteiger partial charge in [-0.2, -0.15) is 0 Å². The first-order valence-corrected chi connectivity index (χ1v) is 7.85. The second kappa shape index (κ2) is 8.46. The summed E-state index contributed by atoms with van der Waals surface area (Å²) in [4.78, 5) is 2.73. The quantitative estimate of drug-likeness (QED) is 0.604. The van der Waals surface area contributed by atoms with Gasteiger partial charge in [0.2, 0.25) is 0 Å². The van der Waals surface area contributed by atoms with E-state index in [0.29, 0.717) is 0 Å². The minimum Gasteiger partial charge on any atom is -0.291 e. The molecule has 1 unspecified atom stereocenters. The Morgan fingerprint density at radius 2 is 2.07 bits per heavy atom. The lowest BCUT2D eigenvalue weighted by atomic mass is 9.97. The molecular weight excluding hydrogens is 202 g/mol. The van der Waals surface area contributed by atoms with Gasteiger partial charge in [-0.05, 0) is 31.6 Å². The Morgan fingerprint density at radius 3 is 2.80 bits per heavy atom. The summed E-state index contributed by atoms with van der Waals surface area (Å²) in [6.07, 6.45) is 10.0. The highest BCUT2D eigenvalue weighted by molar-refractivity contribution is 7.99. The van der Waals surface area contributed by atoms with Crippen LogP contribution in [0.25, 0.3) is 0 Å². The summed E-state index contributed by atoms with van der Waals surface area (Å²) >= 11 is 2.08. The van der Waals surface area contributed by atoms with Crippen molar-refractivity contribution in [2.45, 2.75) is 64.8 Å². The number of piperidine rings is 1. The van der Waals surface area contributed by atoms with Gasteiger partial charge < -0.3 is 0 Å². The van der Waals surface area contributed by atoms with Crippen LogP contribution in [0.1, 0.15) is 58.8 Å². The molecule has 0 aromatic heterocycles. The van der Waals surface area contributed by atoms with Crippen molar-refractivity contribution in [1.29, 1.82) is 0 Å². The van der Waals surface area contributed by atoms with Gasteiger partial charge >= 0.3 is 0 Å². The van der Waals surface area contributed by atoms with Gasteiger partial charge in [0.1, 0.15) is 0 Å². The van der Waals surface area contributed by atoms with E-state index in [9.17, 15) is 0 Å². The average molecular weight is 229 g/mol. The summed E-state index contributed by atoms with van der Waals surface area (Å²) < 4.78 is 0. The van der Waals surface area contributed by atoms with Gasteiger partial charge in [-0.1, -0.05) is 39.5 Å². The van der Waals surface area contributed by atoms with Crippen molar-refractivity contribution in [2.24, 2.45) is 0 Å². The fourth-order valence-electron chi connectivity index (χ4n) is 2.40. The van der Waals surface area contributed by atoms with Crippen molar-refractivity contribution in [3.63, 3.8) is 0 Å². The number of unbranched alkanes of at least 4 members (excludes halogenated alkanes) is 2. The van der Waals surface area contributed by atoms with E-state index in [1.165, 1.54) is 63.1 Å². The molecule has 0 N–H and O–H groups in total. The number of nitrogens with zero attached hydrogens (tertiary/aromatic N) is 1. The van der Waals surface area contributed by atoms with Crippen LogP contribution in [0.3, 0.4) is 0 Å². The van der Waals surface area contributed by atoms with E-state index in [2.05, 4.69) is 30.5 Å². The van der Waals surface area contributed by atoms with Gasteiger partial charge in [-0.25, -0.2) is 0 Å². The molecule has 0 radical (unpaired) electrons. The number of rotatable bonds is 7. The normalized spacial score (nSPS) is 23.2. The van der Waals surface area contributed by atoms with Crippen molar-refractivity contribution < 1.29 is 0 Å². The van der Waals surface area contributed by atoms with Gasteiger partial charge in [0.05, 0.1) is 0 Å². The SMILES string of the molecule is CCCCCC1CCCCN1CSCC. The Kier molecular flexibility index (Phi) is 7.54. The lowest BCUT2D eigenvalue weighted by Crippen LogP contribution is -2.39. The summed E-state index contributed by atoms with van der Waals surface area (Å²) in [7, 11) is 0. The number of hydrogen-bond donors (Lipinski definition) is 0. The van der Waals surface area contributed by atoms with E-state index < -0.39 is 0 Å². The molecule has 0 aromatic carbocycles. The summed E-state index contributed by atoms with van der Waals surface area (Å²) in [5, 5.41) is 0. The molecule has 1 atom stereocenters. The molecule has 0 bridgehead atoms. The second-order valence-electron chi connectivity index (χ2n) is 4.58. The van der Waals surface area contributed by atoms with E-state index >= 15 is 0 Å². The van der Waals surface area contributed by atoms with Gasteiger partial charge in [-0.15, -0.1) is 11.8 Å². The molecule has 0 aliphatic carbocycles. The third-order valence-electron chi connectivity index (χ3n) is 3.35. The van der Waals surface area contributed by atoms with Crippen molar-refractivity contribution in [1.82, 2.24) is 4.90 Å². The highest BCUT2D eigenvalue weighted by Gasteiger charge is 2.20. The molecule has 2 heteroatoms.